The number of nitrogens with zero attached hydrogens (tertiary/aromatic N) is 1. The second-order valence-corrected chi connectivity index (χ2v) is 7.63. The highest BCUT2D eigenvalue weighted by Gasteiger charge is 2.38. The van der Waals surface area contributed by atoms with E-state index in [1.54, 1.807) is 18.2 Å². The lowest BCUT2D eigenvalue weighted by molar-refractivity contribution is -0.168. The van der Waals surface area contributed by atoms with Crippen molar-refractivity contribution in [1.29, 1.82) is 0 Å². The van der Waals surface area contributed by atoms with E-state index in [1.807, 2.05) is 0 Å². The van der Waals surface area contributed by atoms with Gasteiger partial charge in [-0.15, -0.1) is 0 Å². The fourth-order valence-corrected chi connectivity index (χ4v) is 3.97. The third-order valence-electron chi connectivity index (χ3n) is 3.70. The van der Waals surface area contributed by atoms with Crippen molar-refractivity contribution in [1.82, 2.24) is 9.79 Å². The van der Waals surface area contributed by atoms with Crippen LogP contribution in [0.5, 0.6) is 0 Å². The van der Waals surface area contributed by atoms with Crippen LogP contribution in [-0.4, -0.2) is 37.8 Å². The lowest BCUT2D eigenvalue weighted by Gasteiger charge is -2.13. The van der Waals surface area contributed by atoms with Crippen LogP contribution in [0.15, 0.2) is 53.4 Å². The number of nitrogens with one attached hydrogen (secondary N) is 1. The minimum absolute atomic E-state index is 0.0404. The van der Waals surface area contributed by atoms with Gasteiger partial charge < -0.3 is 4.84 Å². The molecule has 3 rings (SSSR count). The van der Waals surface area contributed by atoms with Crippen molar-refractivity contribution >= 4 is 39.4 Å². The van der Waals surface area contributed by atoms with Crippen molar-refractivity contribution in [2.75, 3.05) is 6.54 Å². The summed E-state index contributed by atoms with van der Waals surface area (Å²) >= 11 is 5.85. The third kappa shape index (κ3) is 3.85. The summed E-state index contributed by atoms with van der Waals surface area (Å²) in [6.07, 6.45) is -0.392. The van der Waals surface area contributed by atoms with E-state index in [0.29, 0.717) is 5.06 Å². The maximum absolute atomic E-state index is 12.2. The molecular weight excluding hydrogens is 396 g/mol. The molecule has 10 heteroatoms. The Kier molecular flexibility index (Phi) is 5.26. The van der Waals surface area contributed by atoms with Crippen LogP contribution >= 0.6 is 11.6 Å². The van der Waals surface area contributed by atoms with Crippen LogP contribution in [-0.2, 0) is 19.7 Å². The van der Waals surface area contributed by atoms with Gasteiger partial charge >= 0.3 is 5.97 Å². The Hall–Kier alpha value is -2.75. The molecule has 1 heterocycles. The molecule has 0 bridgehead atoms. The van der Waals surface area contributed by atoms with Gasteiger partial charge in [0.2, 0.25) is 10.0 Å². The zero-order valence-electron chi connectivity index (χ0n) is 13.7. The molecular formula is C17H13ClN2O6S. The molecule has 140 valence electrons. The van der Waals surface area contributed by atoms with Crippen molar-refractivity contribution in [2.24, 2.45) is 0 Å². The molecule has 0 fully saturated rings. The Balaban J connectivity index is 1.58. The minimum atomic E-state index is -3.92. The average molecular weight is 409 g/mol. The third-order valence-corrected chi connectivity index (χ3v) is 5.66. The van der Waals surface area contributed by atoms with Crippen LogP contribution in [0.25, 0.3) is 0 Å². The molecule has 8 nitrogen and oxygen atoms in total. The van der Waals surface area contributed by atoms with Gasteiger partial charge in [0.25, 0.3) is 11.8 Å². The highest BCUT2D eigenvalue weighted by molar-refractivity contribution is 7.89. The largest absolute Gasteiger partial charge is 0.334 e. The molecule has 0 aliphatic carbocycles. The summed E-state index contributed by atoms with van der Waals surface area (Å²) in [6, 6.07) is 11.9. The fraction of sp³-hybridized carbons (Fsp3) is 0.118. The van der Waals surface area contributed by atoms with Crippen LogP contribution in [0.2, 0.25) is 5.02 Å². The SMILES string of the molecule is O=C(CCNS(=O)(=O)c1ccccc1Cl)ON1C(=O)c2ccccc2C1=O. The Morgan fingerprint density at radius 1 is 1.00 bits per heavy atom. The summed E-state index contributed by atoms with van der Waals surface area (Å²) in [5, 5.41) is 0.411. The lowest BCUT2D eigenvalue weighted by atomic mass is 10.1. The number of halogens is 1. The second kappa shape index (κ2) is 7.47. The first-order valence-electron chi connectivity index (χ1n) is 7.74. The first kappa shape index (κ1) is 19.0. The number of sulfonamides is 1. The number of hydrogen-bond donors (Lipinski definition) is 1. The molecule has 1 aliphatic heterocycles. The predicted molar refractivity (Wildman–Crippen MR) is 94.3 cm³/mol. The smallest absolute Gasteiger partial charge is 0.330 e. The van der Waals surface area contributed by atoms with E-state index in [-0.39, 0.29) is 27.6 Å². The summed E-state index contributed by atoms with van der Waals surface area (Å²) in [5.41, 5.74) is 0.268. The molecule has 2 amide bonds. The quantitative estimate of drug-likeness (QED) is 0.729. The molecule has 0 radical (unpaired) electrons. The van der Waals surface area contributed by atoms with Gasteiger partial charge in [0, 0.05) is 6.54 Å². The Labute approximate surface area is 159 Å². The molecule has 0 saturated heterocycles. The normalized spacial score (nSPS) is 13.6. The number of benzene rings is 2. The number of carbonyl (C=O) groups is 3. The number of rotatable bonds is 6. The number of carbonyl (C=O) groups excluding carboxylic acids is 3. The van der Waals surface area contributed by atoms with E-state index in [0.717, 1.165) is 0 Å². The van der Waals surface area contributed by atoms with Gasteiger partial charge in [-0.25, -0.2) is 17.9 Å². The highest BCUT2D eigenvalue weighted by atomic mass is 35.5. The van der Waals surface area contributed by atoms with E-state index in [4.69, 9.17) is 16.4 Å². The zero-order chi connectivity index (χ0) is 19.6. The van der Waals surface area contributed by atoms with Gasteiger partial charge in [0.1, 0.15) is 4.90 Å². The Morgan fingerprint density at radius 3 is 2.15 bits per heavy atom. The van der Waals surface area contributed by atoms with Crippen molar-refractivity contribution < 1.29 is 27.6 Å². The Bertz CT molecular complexity index is 1000. The fourth-order valence-electron chi connectivity index (χ4n) is 2.43. The molecule has 2 aromatic carbocycles. The summed E-state index contributed by atoms with van der Waals surface area (Å²) < 4.78 is 26.5. The van der Waals surface area contributed by atoms with E-state index in [9.17, 15) is 22.8 Å². The van der Waals surface area contributed by atoms with Crippen LogP contribution in [0, 0.1) is 0 Å². The maximum atomic E-state index is 12.2. The van der Waals surface area contributed by atoms with Gasteiger partial charge in [-0.1, -0.05) is 40.9 Å². The molecule has 0 atom stereocenters. The molecule has 1 N–H and O–H groups in total. The van der Waals surface area contributed by atoms with Crippen molar-refractivity contribution in [2.45, 2.75) is 11.3 Å². The van der Waals surface area contributed by atoms with Gasteiger partial charge in [-0.2, -0.15) is 0 Å². The predicted octanol–water partition coefficient (Wildman–Crippen LogP) is 1.76. The van der Waals surface area contributed by atoms with Gasteiger partial charge in [-0.05, 0) is 24.3 Å². The molecule has 1 aliphatic rings. The van der Waals surface area contributed by atoms with E-state index in [2.05, 4.69) is 4.72 Å². The van der Waals surface area contributed by atoms with Crippen LogP contribution in [0.1, 0.15) is 27.1 Å². The number of hydrogen-bond acceptors (Lipinski definition) is 6. The van der Waals surface area contributed by atoms with E-state index < -0.39 is 34.2 Å². The Morgan fingerprint density at radius 2 is 1.56 bits per heavy atom. The monoisotopic (exact) mass is 408 g/mol. The van der Waals surface area contributed by atoms with Crippen LogP contribution in [0.3, 0.4) is 0 Å². The number of hydroxylamine groups is 2. The standard InChI is InChI=1S/C17H13ClN2O6S/c18-13-7-3-4-8-14(13)27(24,25)19-10-9-15(21)26-20-16(22)11-5-1-2-6-12(11)17(20)23/h1-8,19H,9-10H2. The first-order chi connectivity index (χ1) is 12.8. The summed E-state index contributed by atoms with van der Waals surface area (Å²) in [5.74, 6) is -2.44. The number of fused-ring (bicyclic) bond motifs is 1. The summed E-state index contributed by atoms with van der Waals surface area (Å²) in [4.78, 5) is 40.8. The summed E-state index contributed by atoms with van der Waals surface area (Å²) in [6.45, 7) is -0.296. The zero-order valence-corrected chi connectivity index (χ0v) is 15.3. The van der Waals surface area contributed by atoms with Crippen molar-refractivity contribution in [3.63, 3.8) is 0 Å². The number of amides is 2. The van der Waals surface area contributed by atoms with Gasteiger partial charge in [0.05, 0.1) is 22.6 Å². The van der Waals surface area contributed by atoms with Crippen LogP contribution in [0.4, 0.5) is 0 Å². The molecule has 0 aromatic heterocycles. The van der Waals surface area contributed by atoms with Gasteiger partial charge in [-0.3, -0.25) is 9.59 Å². The molecule has 2 aromatic rings. The second-order valence-electron chi connectivity index (χ2n) is 5.49. The van der Waals surface area contributed by atoms with E-state index >= 15 is 0 Å². The number of imide groups is 1. The highest BCUT2D eigenvalue weighted by Crippen LogP contribution is 2.23. The van der Waals surface area contributed by atoms with Crippen molar-refractivity contribution in [3.8, 4) is 0 Å². The maximum Gasteiger partial charge on any atom is 0.334 e. The minimum Gasteiger partial charge on any atom is -0.330 e. The molecule has 0 spiro atoms. The average Bonchev–Trinajstić information content (AvgIpc) is 2.87. The van der Waals surface area contributed by atoms with Crippen molar-refractivity contribution in [3.05, 3.63) is 64.7 Å². The molecule has 27 heavy (non-hydrogen) atoms. The molecule has 0 saturated carbocycles. The lowest BCUT2D eigenvalue weighted by Crippen LogP contribution is -2.34. The topological polar surface area (TPSA) is 110 Å². The summed E-state index contributed by atoms with van der Waals surface area (Å²) in [7, 11) is -3.92. The van der Waals surface area contributed by atoms with Crippen LogP contribution < -0.4 is 4.72 Å². The van der Waals surface area contributed by atoms with Gasteiger partial charge in [0.15, 0.2) is 0 Å². The first-order valence-corrected chi connectivity index (χ1v) is 9.60. The molecule has 0 unspecified atom stereocenters. The van der Waals surface area contributed by atoms with E-state index in [1.165, 1.54) is 30.3 Å².